The molecule has 0 unspecified atom stereocenters. The van der Waals surface area contributed by atoms with Crippen molar-refractivity contribution in [3.63, 3.8) is 0 Å². The van der Waals surface area contributed by atoms with Gasteiger partial charge in [0.05, 0.1) is 12.3 Å². The van der Waals surface area contributed by atoms with Crippen molar-refractivity contribution in [2.24, 2.45) is 0 Å². The second-order valence-corrected chi connectivity index (χ2v) is 3.82. The van der Waals surface area contributed by atoms with Crippen LogP contribution in [0.3, 0.4) is 0 Å². The second-order valence-electron chi connectivity index (χ2n) is 3.82. The van der Waals surface area contributed by atoms with Gasteiger partial charge >= 0.3 is 0 Å². The maximum absolute atomic E-state index is 9.45. The molecule has 90 valence electrons. The van der Waals surface area contributed by atoms with Crippen molar-refractivity contribution in [2.45, 2.75) is 26.6 Å². The van der Waals surface area contributed by atoms with Crippen LogP contribution in [-0.2, 0) is 24.4 Å². The van der Waals surface area contributed by atoms with E-state index < -0.39 is 0 Å². The number of ether oxygens (including phenoxy) is 1. The minimum absolute atomic E-state index is 0.0748. The van der Waals surface area contributed by atoms with E-state index in [0.29, 0.717) is 19.0 Å². The Morgan fingerprint density at radius 3 is 2.65 bits per heavy atom. The minimum atomic E-state index is 0.0748. The van der Waals surface area contributed by atoms with E-state index in [9.17, 15) is 5.11 Å². The fourth-order valence-electron chi connectivity index (χ4n) is 1.61. The van der Waals surface area contributed by atoms with Gasteiger partial charge in [-0.2, -0.15) is 4.98 Å². The van der Waals surface area contributed by atoms with Gasteiger partial charge in [-0.05, 0) is 12.0 Å². The van der Waals surface area contributed by atoms with Gasteiger partial charge in [0.1, 0.15) is 12.4 Å². The summed E-state index contributed by atoms with van der Waals surface area (Å²) in [6.45, 7) is 2.88. The Balaban J connectivity index is 1.86. The summed E-state index contributed by atoms with van der Waals surface area (Å²) in [5.74, 6) is 0.737. The number of hydrogen-bond donors (Lipinski definition) is 2. The van der Waals surface area contributed by atoms with Crippen molar-refractivity contribution in [1.82, 2.24) is 9.97 Å². The zero-order valence-electron chi connectivity index (χ0n) is 9.81. The summed E-state index contributed by atoms with van der Waals surface area (Å²) in [5, 5.41) is 9.45. The molecule has 1 heterocycles. The molecular formula is C13H16N2O2. The van der Waals surface area contributed by atoms with E-state index in [2.05, 4.69) is 9.97 Å². The van der Waals surface area contributed by atoms with Gasteiger partial charge in [0.25, 0.3) is 0 Å². The number of nitrogens with zero attached hydrogens (tertiary/aromatic N) is 1. The number of aromatic nitrogens is 2. The van der Waals surface area contributed by atoms with Gasteiger partial charge in [-0.3, -0.25) is 0 Å². The first-order chi connectivity index (χ1) is 8.29. The molecule has 0 amide bonds. The molecule has 0 atom stereocenters. The molecule has 0 radical (unpaired) electrons. The molecule has 0 fully saturated rings. The summed E-state index contributed by atoms with van der Waals surface area (Å²) < 4.78 is 5.51. The summed E-state index contributed by atoms with van der Waals surface area (Å²) in [6, 6.07) is 9.95. The number of rotatable bonds is 5. The molecule has 0 aliphatic heterocycles. The summed E-state index contributed by atoms with van der Waals surface area (Å²) in [7, 11) is 0. The molecule has 4 heteroatoms. The molecule has 2 aromatic rings. The van der Waals surface area contributed by atoms with E-state index in [-0.39, 0.29) is 5.88 Å². The Morgan fingerprint density at radius 2 is 2.00 bits per heavy atom. The van der Waals surface area contributed by atoms with Crippen LogP contribution in [0.25, 0.3) is 0 Å². The van der Waals surface area contributed by atoms with Crippen LogP contribution >= 0.6 is 0 Å². The molecule has 0 aliphatic carbocycles. The highest BCUT2D eigenvalue weighted by Crippen LogP contribution is 2.14. The molecular weight excluding hydrogens is 216 g/mol. The van der Waals surface area contributed by atoms with Crippen LogP contribution in [0.5, 0.6) is 5.88 Å². The van der Waals surface area contributed by atoms with Crippen molar-refractivity contribution >= 4 is 0 Å². The van der Waals surface area contributed by atoms with Gasteiger partial charge in [-0.15, -0.1) is 0 Å². The number of aryl methyl sites for hydroxylation is 1. The lowest BCUT2D eigenvalue weighted by molar-refractivity contribution is 0.102. The van der Waals surface area contributed by atoms with Gasteiger partial charge in [-0.1, -0.05) is 37.3 Å². The normalized spacial score (nSPS) is 10.6. The maximum Gasteiger partial charge on any atom is 0.232 e. The highest BCUT2D eigenvalue weighted by molar-refractivity contribution is 5.19. The number of H-pyrrole nitrogens is 1. The summed E-state index contributed by atoms with van der Waals surface area (Å²) in [4.78, 5) is 7.02. The van der Waals surface area contributed by atoms with Gasteiger partial charge in [0, 0.05) is 0 Å². The number of nitrogens with one attached hydrogen (secondary N) is 1. The van der Waals surface area contributed by atoms with E-state index in [4.69, 9.17) is 4.74 Å². The lowest BCUT2D eigenvalue weighted by Crippen LogP contribution is -1.96. The molecule has 1 aromatic heterocycles. The zero-order chi connectivity index (χ0) is 12.1. The SMILES string of the molecule is CCc1[nH]c(COCc2ccccc2)nc1O. The number of hydrogen-bond acceptors (Lipinski definition) is 3. The molecule has 0 spiro atoms. The van der Waals surface area contributed by atoms with E-state index in [1.165, 1.54) is 0 Å². The number of aromatic amines is 1. The molecule has 0 aliphatic rings. The Morgan fingerprint density at radius 1 is 1.24 bits per heavy atom. The molecule has 0 saturated carbocycles. The molecule has 0 saturated heterocycles. The van der Waals surface area contributed by atoms with Crippen molar-refractivity contribution in [2.75, 3.05) is 0 Å². The zero-order valence-corrected chi connectivity index (χ0v) is 9.81. The quantitative estimate of drug-likeness (QED) is 0.832. The third kappa shape index (κ3) is 3.07. The third-order valence-corrected chi connectivity index (χ3v) is 2.51. The maximum atomic E-state index is 9.45. The first-order valence-electron chi connectivity index (χ1n) is 5.68. The summed E-state index contributed by atoms with van der Waals surface area (Å²) in [5.41, 5.74) is 1.88. The van der Waals surface area contributed by atoms with E-state index in [1.807, 2.05) is 37.3 Å². The Kier molecular flexibility index (Phi) is 3.77. The van der Waals surface area contributed by atoms with Crippen LogP contribution < -0.4 is 0 Å². The van der Waals surface area contributed by atoms with Crippen LogP contribution in [0.15, 0.2) is 30.3 Å². The number of aromatic hydroxyl groups is 1. The van der Waals surface area contributed by atoms with Gasteiger partial charge in [0.2, 0.25) is 5.88 Å². The van der Waals surface area contributed by atoms with Crippen LogP contribution in [0.2, 0.25) is 0 Å². The van der Waals surface area contributed by atoms with E-state index >= 15 is 0 Å². The Bertz CT molecular complexity index is 466. The van der Waals surface area contributed by atoms with Crippen molar-refractivity contribution in [3.05, 3.63) is 47.4 Å². The van der Waals surface area contributed by atoms with Gasteiger partial charge < -0.3 is 14.8 Å². The fraction of sp³-hybridized carbons (Fsp3) is 0.308. The lowest BCUT2D eigenvalue weighted by atomic mass is 10.2. The van der Waals surface area contributed by atoms with E-state index in [0.717, 1.165) is 17.7 Å². The van der Waals surface area contributed by atoms with Crippen molar-refractivity contribution < 1.29 is 9.84 Å². The number of imidazole rings is 1. The van der Waals surface area contributed by atoms with Crippen LogP contribution in [-0.4, -0.2) is 15.1 Å². The smallest absolute Gasteiger partial charge is 0.232 e. The van der Waals surface area contributed by atoms with Gasteiger partial charge in [0.15, 0.2) is 0 Å². The standard InChI is InChI=1S/C13H16N2O2/c1-2-11-13(16)15-12(14-11)9-17-8-10-6-4-3-5-7-10/h3-7,16H,2,8-9H2,1H3,(H,14,15). The Labute approximate surface area is 100 Å². The molecule has 2 rings (SSSR count). The van der Waals surface area contributed by atoms with Gasteiger partial charge in [-0.25, -0.2) is 0 Å². The average molecular weight is 232 g/mol. The highest BCUT2D eigenvalue weighted by Gasteiger charge is 2.06. The highest BCUT2D eigenvalue weighted by atomic mass is 16.5. The Hall–Kier alpha value is -1.81. The number of benzene rings is 1. The first kappa shape index (κ1) is 11.7. The van der Waals surface area contributed by atoms with Crippen molar-refractivity contribution in [1.29, 1.82) is 0 Å². The molecule has 4 nitrogen and oxygen atoms in total. The predicted molar refractivity (Wildman–Crippen MR) is 64.6 cm³/mol. The predicted octanol–water partition coefficient (Wildman–Crippen LogP) is 2.39. The molecule has 17 heavy (non-hydrogen) atoms. The van der Waals surface area contributed by atoms with E-state index in [1.54, 1.807) is 0 Å². The largest absolute Gasteiger partial charge is 0.492 e. The monoisotopic (exact) mass is 232 g/mol. The molecule has 1 aromatic carbocycles. The average Bonchev–Trinajstić information content (AvgIpc) is 2.71. The van der Waals surface area contributed by atoms with Crippen molar-refractivity contribution in [3.8, 4) is 5.88 Å². The summed E-state index contributed by atoms with van der Waals surface area (Å²) in [6.07, 6.45) is 0.734. The second kappa shape index (κ2) is 5.50. The lowest BCUT2D eigenvalue weighted by Gasteiger charge is -2.01. The first-order valence-corrected chi connectivity index (χ1v) is 5.68. The van der Waals surface area contributed by atoms with Crippen LogP contribution in [0.4, 0.5) is 0 Å². The molecule has 2 N–H and O–H groups in total. The summed E-state index contributed by atoms with van der Waals surface area (Å²) >= 11 is 0. The minimum Gasteiger partial charge on any atom is -0.492 e. The van der Waals surface area contributed by atoms with Crippen LogP contribution in [0.1, 0.15) is 24.0 Å². The van der Waals surface area contributed by atoms with Crippen LogP contribution in [0, 0.1) is 0 Å². The molecule has 0 bridgehead atoms. The third-order valence-electron chi connectivity index (χ3n) is 2.51. The topological polar surface area (TPSA) is 58.1 Å². The fourth-order valence-corrected chi connectivity index (χ4v) is 1.61.